The highest BCUT2D eigenvalue weighted by molar-refractivity contribution is 5.77. The molecule has 1 aliphatic heterocycles. The van der Waals surface area contributed by atoms with Crippen molar-refractivity contribution >= 4 is 5.91 Å². The van der Waals surface area contributed by atoms with Crippen LogP contribution in [0.1, 0.15) is 30.3 Å². The minimum absolute atomic E-state index is 0.0504. The Hall–Kier alpha value is -2.41. The molecule has 2 aromatic rings. The van der Waals surface area contributed by atoms with Gasteiger partial charge in [-0.15, -0.1) is 0 Å². The molecule has 0 N–H and O–H groups in total. The lowest BCUT2D eigenvalue weighted by Crippen LogP contribution is -2.38. The molecule has 7 nitrogen and oxygen atoms in total. The molecule has 0 bridgehead atoms. The molecule has 1 aliphatic rings. The Morgan fingerprint density at radius 3 is 2.85 bits per heavy atom. The molecule has 3 rings (SSSR count). The van der Waals surface area contributed by atoms with E-state index in [0.29, 0.717) is 0 Å². The fraction of sp³-hybridized carbons (Fsp3) is 0.550. The van der Waals surface area contributed by atoms with E-state index < -0.39 is 0 Å². The highest BCUT2D eigenvalue weighted by Gasteiger charge is 2.21. The number of nitrogens with zero attached hydrogens (tertiary/aromatic N) is 5. The maximum absolute atomic E-state index is 12.6. The van der Waals surface area contributed by atoms with Gasteiger partial charge in [0.2, 0.25) is 0 Å². The molecule has 0 radical (unpaired) electrons. The zero-order chi connectivity index (χ0) is 19.2. The SMILES string of the molecule is CCn1ncnc1CN1CCCN(C(=O)COc2cccc(C)c2C)CC1. The Labute approximate surface area is 160 Å². The Bertz CT molecular complexity index is 773. The van der Waals surface area contributed by atoms with Crippen molar-refractivity contribution in [2.45, 2.75) is 40.3 Å². The summed E-state index contributed by atoms with van der Waals surface area (Å²) in [5, 5.41) is 4.23. The van der Waals surface area contributed by atoms with E-state index in [1.54, 1.807) is 6.33 Å². The minimum Gasteiger partial charge on any atom is -0.483 e. The van der Waals surface area contributed by atoms with Crippen LogP contribution in [0.2, 0.25) is 0 Å². The van der Waals surface area contributed by atoms with Crippen LogP contribution in [0.4, 0.5) is 0 Å². The van der Waals surface area contributed by atoms with Gasteiger partial charge in [0.25, 0.3) is 5.91 Å². The van der Waals surface area contributed by atoms with E-state index in [4.69, 9.17) is 4.74 Å². The number of benzene rings is 1. The molecule has 1 aromatic carbocycles. The van der Waals surface area contributed by atoms with Gasteiger partial charge in [0.05, 0.1) is 6.54 Å². The van der Waals surface area contributed by atoms with Gasteiger partial charge in [-0.05, 0) is 44.4 Å². The van der Waals surface area contributed by atoms with Gasteiger partial charge in [-0.1, -0.05) is 12.1 Å². The molecule has 0 aliphatic carbocycles. The van der Waals surface area contributed by atoms with Crippen molar-refractivity contribution in [3.8, 4) is 5.75 Å². The summed E-state index contributed by atoms with van der Waals surface area (Å²) >= 11 is 0. The number of hydrogen-bond donors (Lipinski definition) is 0. The first-order valence-corrected chi connectivity index (χ1v) is 9.64. The Balaban J connectivity index is 1.51. The molecule has 7 heteroatoms. The van der Waals surface area contributed by atoms with Crippen molar-refractivity contribution in [1.82, 2.24) is 24.6 Å². The van der Waals surface area contributed by atoms with E-state index in [2.05, 4.69) is 21.9 Å². The fourth-order valence-corrected chi connectivity index (χ4v) is 3.36. The molecule has 1 aromatic heterocycles. The third kappa shape index (κ3) is 4.86. The highest BCUT2D eigenvalue weighted by Crippen LogP contribution is 2.20. The van der Waals surface area contributed by atoms with E-state index in [1.807, 2.05) is 41.6 Å². The van der Waals surface area contributed by atoms with Gasteiger partial charge in [-0.3, -0.25) is 9.69 Å². The predicted molar refractivity (Wildman–Crippen MR) is 104 cm³/mol. The standard InChI is InChI=1S/C20H29N5O2/c1-4-25-19(21-15-22-25)13-23-9-6-10-24(12-11-23)20(26)14-27-18-8-5-7-16(2)17(18)3/h5,7-8,15H,4,6,9-14H2,1-3H3. The van der Waals surface area contributed by atoms with Crippen LogP contribution in [0.5, 0.6) is 5.75 Å². The number of aryl methyl sites for hydroxylation is 2. The zero-order valence-corrected chi connectivity index (χ0v) is 16.5. The van der Waals surface area contributed by atoms with Crippen LogP contribution >= 0.6 is 0 Å². The predicted octanol–water partition coefficient (Wildman–Crippen LogP) is 2.03. The maximum Gasteiger partial charge on any atom is 0.260 e. The summed E-state index contributed by atoms with van der Waals surface area (Å²) in [7, 11) is 0. The lowest BCUT2D eigenvalue weighted by atomic mass is 10.1. The van der Waals surface area contributed by atoms with Crippen LogP contribution in [-0.2, 0) is 17.9 Å². The maximum atomic E-state index is 12.6. The molecule has 27 heavy (non-hydrogen) atoms. The van der Waals surface area contributed by atoms with Crippen LogP contribution in [0, 0.1) is 13.8 Å². The number of hydrogen-bond acceptors (Lipinski definition) is 5. The second-order valence-electron chi connectivity index (χ2n) is 6.99. The molecule has 146 valence electrons. The molecular weight excluding hydrogens is 342 g/mol. The number of rotatable bonds is 6. The zero-order valence-electron chi connectivity index (χ0n) is 16.5. The molecule has 1 fully saturated rings. The van der Waals surface area contributed by atoms with Crippen LogP contribution < -0.4 is 4.74 Å². The average Bonchev–Trinajstić information content (AvgIpc) is 2.98. The molecule has 0 spiro atoms. The summed E-state index contributed by atoms with van der Waals surface area (Å²) in [5.74, 6) is 1.82. The third-order valence-electron chi connectivity index (χ3n) is 5.21. The summed E-state index contributed by atoms with van der Waals surface area (Å²) < 4.78 is 7.71. The molecule has 2 heterocycles. The van der Waals surface area contributed by atoms with Gasteiger partial charge in [0, 0.05) is 32.7 Å². The molecule has 0 atom stereocenters. The third-order valence-corrected chi connectivity index (χ3v) is 5.21. The number of carbonyl (C=O) groups excluding carboxylic acids is 1. The van der Waals surface area contributed by atoms with Gasteiger partial charge in [0.15, 0.2) is 6.61 Å². The summed E-state index contributed by atoms with van der Waals surface area (Å²) in [6, 6.07) is 5.93. The van der Waals surface area contributed by atoms with Crippen LogP contribution in [-0.4, -0.2) is 63.3 Å². The number of aromatic nitrogens is 3. The number of amides is 1. The molecular formula is C20H29N5O2. The number of carbonyl (C=O) groups is 1. The first-order valence-electron chi connectivity index (χ1n) is 9.64. The van der Waals surface area contributed by atoms with E-state index in [9.17, 15) is 4.79 Å². The van der Waals surface area contributed by atoms with Crippen molar-refractivity contribution in [2.24, 2.45) is 0 Å². The lowest BCUT2D eigenvalue weighted by molar-refractivity contribution is -0.133. The highest BCUT2D eigenvalue weighted by atomic mass is 16.5. The van der Waals surface area contributed by atoms with Crippen molar-refractivity contribution in [3.63, 3.8) is 0 Å². The van der Waals surface area contributed by atoms with E-state index >= 15 is 0 Å². The fourth-order valence-electron chi connectivity index (χ4n) is 3.36. The van der Waals surface area contributed by atoms with Gasteiger partial charge in [0.1, 0.15) is 17.9 Å². The first-order chi connectivity index (χ1) is 13.1. The van der Waals surface area contributed by atoms with Crippen LogP contribution in [0.3, 0.4) is 0 Å². The largest absolute Gasteiger partial charge is 0.483 e. The lowest BCUT2D eigenvalue weighted by Gasteiger charge is -2.22. The quantitative estimate of drug-likeness (QED) is 0.777. The van der Waals surface area contributed by atoms with Gasteiger partial charge in [-0.25, -0.2) is 9.67 Å². The van der Waals surface area contributed by atoms with Gasteiger partial charge in [-0.2, -0.15) is 5.10 Å². The summed E-state index contributed by atoms with van der Waals surface area (Å²) in [6.45, 7) is 11.1. The Kier molecular flexibility index (Phi) is 6.45. The molecule has 1 saturated heterocycles. The summed E-state index contributed by atoms with van der Waals surface area (Å²) in [6.07, 6.45) is 2.56. The average molecular weight is 371 g/mol. The van der Waals surface area contributed by atoms with E-state index in [0.717, 1.165) is 62.8 Å². The first kappa shape index (κ1) is 19.4. The van der Waals surface area contributed by atoms with Crippen LogP contribution in [0.25, 0.3) is 0 Å². The number of ether oxygens (including phenoxy) is 1. The van der Waals surface area contributed by atoms with Crippen molar-refractivity contribution in [1.29, 1.82) is 0 Å². The second kappa shape index (κ2) is 8.99. The van der Waals surface area contributed by atoms with E-state index in [1.165, 1.54) is 5.56 Å². The minimum atomic E-state index is 0.0504. The van der Waals surface area contributed by atoms with E-state index in [-0.39, 0.29) is 12.5 Å². The normalized spacial score (nSPS) is 15.6. The summed E-state index contributed by atoms with van der Waals surface area (Å²) in [4.78, 5) is 21.2. The topological polar surface area (TPSA) is 63.5 Å². The van der Waals surface area contributed by atoms with Gasteiger partial charge >= 0.3 is 0 Å². The molecule has 0 unspecified atom stereocenters. The van der Waals surface area contributed by atoms with Crippen LogP contribution in [0.15, 0.2) is 24.5 Å². The van der Waals surface area contributed by atoms with Crippen molar-refractivity contribution in [3.05, 3.63) is 41.5 Å². The van der Waals surface area contributed by atoms with Crippen molar-refractivity contribution < 1.29 is 9.53 Å². The molecule has 0 saturated carbocycles. The Morgan fingerprint density at radius 2 is 2.04 bits per heavy atom. The summed E-state index contributed by atoms with van der Waals surface area (Å²) in [5.41, 5.74) is 2.26. The smallest absolute Gasteiger partial charge is 0.260 e. The van der Waals surface area contributed by atoms with Gasteiger partial charge < -0.3 is 9.64 Å². The van der Waals surface area contributed by atoms with Crippen molar-refractivity contribution in [2.75, 3.05) is 32.8 Å². The monoisotopic (exact) mass is 371 g/mol. The Morgan fingerprint density at radius 1 is 1.19 bits per heavy atom. The second-order valence-corrected chi connectivity index (χ2v) is 6.99. The molecule has 1 amide bonds.